The molecule has 3 amide bonds. The molecule has 0 bridgehead atoms. The van der Waals surface area contributed by atoms with Crippen LogP contribution >= 0.6 is 35.0 Å². The van der Waals surface area contributed by atoms with Crippen molar-refractivity contribution in [3.63, 3.8) is 0 Å². The van der Waals surface area contributed by atoms with Gasteiger partial charge in [-0.05, 0) is 43.0 Å². The topological polar surface area (TPSA) is 118 Å². The number of anilines is 1. The third-order valence-corrected chi connectivity index (χ3v) is 5.33. The van der Waals surface area contributed by atoms with Crippen LogP contribution in [0, 0.1) is 6.92 Å². The molecule has 0 aliphatic carbocycles. The van der Waals surface area contributed by atoms with E-state index in [2.05, 4.69) is 26.3 Å². The van der Waals surface area contributed by atoms with Crippen LogP contribution in [0.5, 0.6) is 0 Å². The zero-order chi connectivity index (χ0) is 23.4. The predicted molar refractivity (Wildman–Crippen MR) is 124 cm³/mol. The molecule has 3 rings (SSSR count). The Bertz CT molecular complexity index is 1210. The third-order valence-electron chi connectivity index (χ3n) is 4.20. The van der Waals surface area contributed by atoms with Crippen molar-refractivity contribution in [3.05, 3.63) is 63.4 Å². The van der Waals surface area contributed by atoms with Crippen LogP contribution in [-0.4, -0.2) is 38.7 Å². The maximum atomic E-state index is 13.2. The Kier molecular flexibility index (Phi) is 7.39. The van der Waals surface area contributed by atoms with E-state index in [0.717, 1.165) is 0 Å². The van der Waals surface area contributed by atoms with E-state index in [-0.39, 0.29) is 22.8 Å². The lowest BCUT2D eigenvalue weighted by Crippen LogP contribution is -2.40. The van der Waals surface area contributed by atoms with Crippen LogP contribution in [0.15, 0.2) is 41.6 Å². The number of pyridine rings is 1. The number of aromatic nitrogens is 3. The summed E-state index contributed by atoms with van der Waals surface area (Å²) in [5.74, 6) is -1.36. The van der Waals surface area contributed by atoms with Crippen LogP contribution < -0.4 is 16.2 Å². The number of halogens is 2. The van der Waals surface area contributed by atoms with Gasteiger partial charge >= 0.3 is 0 Å². The molecule has 9 nitrogen and oxygen atoms in total. The number of carbonyl (C=O) groups excluding carboxylic acids is 3. The Hall–Kier alpha value is -3.08. The fourth-order valence-corrected chi connectivity index (χ4v) is 3.66. The summed E-state index contributed by atoms with van der Waals surface area (Å²) in [5.41, 5.74) is 5.49. The molecule has 0 atom stereocenters. The minimum Gasteiger partial charge on any atom is -0.320 e. The van der Waals surface area contributed by atoms with Gasteiger partial charge in [-0.15, -0.1) is 11.8 Å². The number of nitrogens with zero attached hydrogens (tertiary/aromatic N) is 3. The largest absolute Gasteiger partial charge is 0.320 e. The summed E-state index contributed by atoms with van der Waals surface area (Å²) in [6, 6.07) is 7.89. The van der Waals surface area contributed by atoms with Crippen molar-refractivity contribution in [3.8, 4) is 5.82 Å². The number of carbonyl (C=O) groups is 3. The van der Waals surface area contributed by atoms with Gasteiger partial charge in [-0.25, -0.2) is 9.67 Å². The number of rotatable bonds is 5. The molecule has 2 heterocycles. The van der Waals surface area contributed by atoms with E-state index in [9.17, 15) is 14.4 Å². The van der Waals surface area contributed by atoms with Crippen molar-refractivity contribution < 1.29 is 14.4 Å². The van der Waals surface area contributed by atoms with Gasteiger partial charge in [0.1, 0.15) is 10.7 Å². The first-order valence-corrected chi connectivity index (χ1v) is 11.1. The quantitative estimate of drug-likeness (QED) is 0.369. The highest BCUT2D eigenvalue weighted by molar-refractivity contribution is 7.98. The zero-order valence-corrected chi connectivity index (χ0v) is 19.5. The molecule has 3 aromatic rings. The van der Waals surface area contributed by atoms with Gasteiger partial charge in [-0.3, -0.25) is 25.2 Å². The second-order valence-corrected chi connectivity index (χ2v) is 8.20. The summed E-state index contributed by atoms with van der Waals surface area (Å²) >= 11 is 13.7. The Morgan fingerprint density at radius 1 is 1.09 bits per heavy atom. The summed E-state index contributed by atoms with van der Waals surface area (Å²) < 4.78 is 1.34. The fourth-order valence-electron chi connectivity index (χ4n) is 2.79. The molecule has 32 heavy (non-hydrogen) atoms. The predicted octanol–water partition coefficient (Wildman–Crippen LogP) is 3.64. The molecule has 12 heteroatoms. The van der Waals surface area contributed by atoms with Gasteiger partial charge in [0.05, 0.1) is 16.3 Å². The van der Waals surface area contributed by atoms with Gasteiger partial charge in [-0.1, -0.05) is 23.2 Å². The van der Waals surface area contributed by atoms with Crippen LogP contribution in [-0.2, 0) is 4.79 Å². The lowest BCUT2D eigenvalue weighted by atomic mass is 10.1. The standard InChI is InChI=1S/C20H18Cl2N6O3S/c1-10-7-12(21)8-13(19(30)26-25-11(2)29)17(10)24-20(31)15-9-16(32-3)27-28(15)18-14(22)5-4-6-23-18/h4-9H,1-3H3,(H,24,31)(H,25,29)(H,26,30). The lowest BCUT2D eigenvalue weighted by molar-refractivity contribution is -0.119. The Labute approximate surface area is 197 Å². The molecule has 0 radical (unpaired) electrons. The average Bonchev–Trinajstić information content (AvgIpc) is 3.18. The van der Waals surface area contributed by atoms with E-state index < -0.39 is 17.7 Å². The molecule has 2 aromatic heterocycles. The normalized spacial score (nSPS) is 10.5. The Balaban J connectivity index is 2.01. The van der Waals surface area contributed by atoms with Crippen molar-refractivity contribution >= 4 is 58.4 Å². The minimum atomic E-state index is -0.646. The third kappa shape index (κ3) is 5.21. The monoisotopic (exact) mass is 492 g/mol. The minimum absolute atomic E-state index is 0.0733. The molecule has 0 saturated heterocycles. The van der Waals surface area contributed by atoms with Gasteiger partial charge in [0.25, 0.3) is 11.8 Å². The number of amides is 3. The molecule has 0 spiro atoms. The van der Waals surface area contributed by atoms with Gasteiger partial charge in [-0.2, -0.15) is 5.10 Å². The molecule has 0 aliphatic heterocycles. The van der Waals surface area contributed by atoms with E-state index >= 15 is 0 Å². The first kappa shape index (κ1) is 23.6. The van der Waals surface area contributed by atoms with Crippen molar-refractivity contribution in [1.29, 1.82) is 0 Å². The van der Waals surface area contributed by atoms with E-state index in [1.807, 2.05) is 6.26 Å². The summed E-state index contributed by atoms with van der Waals surface area (Å²) in [6.45, 7) is 2.94. The van der Waals surface area contributed by atoms with Gasteiger partial charge in [0.2, 0.25) is 5.91 Å². The maximum absolute atomic E-state index is 13.2. The highest BCUT2D eigenvalue weighted by Gasteiger charge is 2.22. The first-order valence-electron chi connectivity index (χ1n) is 9.14. The maximum Gasteiger partial charge on any atom is 0.274 e. The van der Waals surface area contributed by atoms with Gasteiger partial charge < -0.3 is 5.32 Å². The lowest BCUT2D eigenvalue weighted by Gasteiger charge is -2.15. The van der Waals surface area contributed by atoms with E-state index in [1.165, 1.54) is 35.6 Å². The smallest absolute Gasteiger partial charge is 0.274 e. The fraction of sp³-hybridized carbons (Fsp3) is 0.150. The Morgan fingerprint density at radius 2 is 1.84 bits per heavy atom. The first-order chi connectivity index (χ1) is 15.2. The number of benzene rings is 1. The van der Waals surface area contributed by atoms with Crippen molar-refractivity contribution in [2.45, 2.75) is 18.9 Å². The molecule has 0 unspecified atom stereocenters. The number of thioether (sulfide) groups is 1. The molecule has 0 fully saturated rings. The molecule has 3 N–H and O–H groups in total. The molecule has 1 aromatic carbocycles. The highest BCUT2D eigenvalue weighted by Crippen LogP contribution is 2.28. The number of nitrogens with one attached hydrogen (secondary N) is 3. The summed E-state index contributed by atoms with van der Waals surface area (Å²) in [7, 11) is 0. The molecule has 0 aliphatic rings. The number of aryl methyl sites for hydroxylation is 1. The SMILES string of the molecule is CSc1cc(C(=O)Nc2c(C)cc(Cl)cc2C(=O)NNC(C)=O)n(-c2ncccc2Cl)n1. The molecule has 0 saturated carbocycles. The van der Waals surface area contributed by atoms with Gasteiger partial charge in [0, 0.05) is 24.2 Å². The number of hydrazine groups is 1. The van der Waals surface area contributed by atoms with Crippen LogP contribution in [0.3, 0.4) is 0 Å². The van der Waals surface area contributed by atoms with Crippen LogP contribution in [0.4, 0.5) is 5.69 Å². The molecular formula is C20H18Cl2N6O3S. The van der Waals surface area contributed by atoms with E-state index in [0.29, 0.717) is 20.6 Å². The summed E-state index contributed by atoms with van der Waals surface area (Å²) in [4.78, 5) is 41.2. The molecular weight excluding hydrogens is 475 g/mol. The summed E-state index contributed by atoms with van der Waals surface area (Å²) in [6.07, 6.45) is 3.36. The van der Waals surface area contributed by atoms with E-state index in [1.54, 1.807) is 31.2 Å². The number of hydrogen-bond donors (Lipinski definition) is 3. The highest BCUT2D eigenvalue weighted by atomic mass is 35.5. The van der Waals surface area contributed by atoms with Crippen molar-refractivity contribution in [1.82, 2.24) is 25.6 Å². The van der Waals surface area contributed by atoms with Crippen molar-refractivity contribution in [2.75, 3.05) is 11.6 Å². The van der Waals surface area contributed by atoms with Gasteiger partial charge in [0.15, 0.2) is 5.82 Å². The second kappa shape index (κ2) is 10.0. The average molecular weight is 493 g/mol. The molecule has 166 valence electrons. The van der Waals surface area contributed by atoms with Crippen LogP contribution in [0.25, 0.3) is 5.82 Å². The number of hydrogen-bond acceptors (Lipinski definition) is 6. The van der Waals surface area contributed by atoms with Crippen molar-refractivity contribution in [2.24, 2.45) is 0 Å². The summed E-state index contributed by atoms with van der Waals surface area (Å²) in [5, 5.41) is 8.32. The zero-order valence-electron chi connectivity index (χ0n) is 17.2. The van der Waals surface area contributed by atoms with Crippen LogP contribution in [0.2, 0.25) is 10.0 Å². The Morgan fingerprint density at radius 3 is 2.50 bits per heavy atom. The second-order valence-electron chi connectivity index (χ2n) is 6.53. The van der Waals surface area contributed by atoms with E-state index in [4.69, 9.17) is 23.2 Å². The van der Waals surface area contributed by atoms with Crippen LogP contribution in [0.1, 0.15) is 33.3 Å².